The normalized spacial score (nSPS) is 12.2. The molecule has 102 valence electrons. The van der Waals surface area contributed by atoms with E-state index in [4.69, 9.17) is 4.74 Å². The van der Waals surface area contributed by atoms with Crippen LogP contribution in [0.1, 0.15) is 46.6 Å². The third kappa shape index (κ3) is 3.02. The summed E-state index contributed by atoms with van der Waals surface area (Å²) < 4.78 is 5.58. The number of rotatable bonds is 6. The van der Waals surface area contributed by atoms with Gasteiger partial charge in [-0.15, -0.1) is 0 Å². The molecule has 1 N–H and O–H groups in total. The van der Waals surface area contributed by atoms with Gasteiger partial charge < -0.3 is 9.84 Å². The Balaban J connectivity index is 3.06. The molecule has 0 fully saturated rings. The average Bonchev–Trinajstić information content (AvgIpc) is 2.35. The number of nitrogens with zero attached hydrogens (tertiary/aromatic N) is 1. The topological polar surface area (TPSA) is 42.4 Å². The summed E-state index contributed by atoms with van der Waals surface area (Å²) in [6.07, 6.45) is 4.39. The largest absolute Gasteiger partial charge is 0.492 e. The number of hydrogen-bond donors (Lipinski definition) is 1. The van der Waals surface area contributed by atoms with E-state index in [9.17, 15) is 5.11 Å². The Morgan fingerprint density at radius 1 is 1.22 bits per heavy atom. The van der Waals surface area contributed by atoms with E-state index in [0.29, 0.717) is 6.61 Å². The first-order valence-electron chi connectivity index (χ1n) is 6.73. The molecule has 0 aliphatic rings. The summed E-state index contributed by atoms with van der Waals surface area (Å²) in [4.78, 5) is 4.18. The number of aliphatic hydroxyl groups is 1. The summed E-state index contributed by atoms with van der Waals surface area (Å²) in [6.45, 7) is 10.8. The van der Waals surface area contributed by atoms with Crippen LogP contribution in [0, 0.1) is 11.8 Å². The summed E-state index contributed by atoms with van der Waals surface area (Å²) in [7, 11) is 0. The predicted molar refractivity (Wildman–Crippen MR) is 73.6 cm³/mol. The first-order valence-corrected chi connectivity index (χ1v) is 6.73. The quantitative estimate of drug-likeness (QED) is 0.843. The van der Waals surface area contributed by atoms with Crippen molar-refractivity contribution in [1.29, 1.82) is 0 Å². The van der Waals surface area contributed by atoms with Crippen LogP contribution in [0.15, 0.2) is 18.5 Å². The van der Waals surface area contributed by atoms with Gasteiger partial charge in [-0.25, -0.2) is 0 Å². The minimum absolute atomic E-state index is 0.126. The van der Waals surface area contributed by atoms with Crippen molar-refractivity contribution in [2.75, 3.05) is 6.61 Å². The average molecular weight is 251 g/mol. The Morgan fingerprint density at radius 3 is 2.33 bits per heavy atom. The first kappa shape index (κ1) is 15.0. The van der Waals surface area contributed by atoms with Crippen molar-refractivity contribution in [1.82, 2.24) is 4.98 Å². The van der Waals surface area contributed by atoms with Gasteiger partial charge in [-0.1, -0.05) is 34.6 Å². The number of ether oxygens (including phenoxy) is 1. The molecule has 3 nitrogen and oxygen atoms in total. The summed E-state index contributed by atoms with van der Waals surface area (Å²) in [5.74, 6) is 0.982. The van der Waals surface area contributed by atoms with Crippen LogP contribution >= 0.6 is 0 Å². The van der Waals surface area contributed by atoms with Gasteiger partial charge >= 0.3 is 0 Å². The zero-order valence-electron chi connectivity index (χ0n) is 12.1. The number of hydrogen-bond acceptors (Lipinski definition) is 3. The van der Waals surface area contributed by atoms with Crippen LogP contribution in [0.4, 0.5) is 0 Å². The van der Waals surface area contributed by atoms with E-state index in [1.807, 2.05) is 33.8 Å². The van der Waals surface area contributed by atoms with E-state index in [-0.39, 0.29) is 11.8 Å². The maximum atomic E-state index is 10.9. The third-order valence-electron chi connectivity index (χ3n) is 3.41. The van der Waals surface area contributed by atoms with Crippen LogP contribution in [0.2, 0.25) is 0 Å². The van der Waals surface area contributed by atoms with Crippen LogP contribution < -0.4 is 4.74 Å². The molecule has 1 heterocycles. The highest BCUT2D eigenvalue weighted by atomic mass is 16.5. The van der Waals surface area contributed by atoms with Crippen LogP contribution in [0.25, 0.3) is 0 Å². The van der Waals surface area contributed by atoms with Crippen LogP contribution in [0.5, 0.6) is 5.75 Å². The molecule has 0 bridgehead atoms. The third-order valence-corrected chi connectivity index (χ3v) is 3.41. The molecule has 1 aromatic rings. The molecule has 0 unspecified atom stereocenters. The molecule has 1 rings (SSSR count). The Hall–Kier alpha value is -1.09. The van der Waals surface area contributed by atoms with E-state index < -0.39 is 5.60 Å². The van der Waals surface area contributed by atoms with E-state index in [1.165, 1.54) is 0 Å². The molecule has 0 aliphatic heterocycles. The van der Waals surface area contributed by atoms with Gasteiger partial charge in [-0.2, -0.15) is 0 Å². The van der Waals surface area contributed by atoms with Gasteiger partial charge in [0.2, 0.25) is 0 Å². The van der Waals surface area contributed by atoms with Gasteiger partial charge in [0.15, 0.2) is 0 Å². The lowest BCUT2D eigenvalue weighted by Gasteiger charge is -2.36. The molecule has 0 spiro atoms. The summed E-state index contributed by atoms with van der Waals surface area (Å²) >= 11 is 0. The number of pyridine rings is 1. The predicted octanol–water partition coefficient (Wildman–Crippen LogP) is 3.37. The molecule has 0 radical (unpaired) electrons. The highest BCUT2D eigenvalue weighted by Crippen LogP contribution is 2.37. The summed E-state index contributed by atoms with van der Waals surface area (Å²) in [6, 6.07) is 1.91. The van der Waals surface area contributed by atoms with Gasteiger partial charge in [-0.05, 0) is 24.3 Å². The minimum atomic E-state index is -0.863. The fourth-order valence-corrected chi connectivity index (χ4v) is 2.27. The van der Waals surface area contributed by atoms with Crippen molar-refractivity contribution in [3.05, 3.63) is 24.0 Å². The Kier molecular flexibility index (Phi) is 5.15. The van der Waals surface area contributed by atoms with Crippen molar-refractivity contribution in [3.63, 3.8) is 0 Å². The van der Waals surface area contributed by atoms with Crippen molar-refractivity contribution in [2.45, 2.75) is 46.6 Å². The van der Waals surface area contributed by atoms with Crippen LogP contribution in [-0.4, -0.2) is 16.7 Å². The summed E-state index contributed by atoms with van der Waals surface area (Å²) in [5.41, 5.74) is -0.0282. The van der Waals surface area contributed by atoms with E-state index in [1.54, 1.807) is 12.4 Å². The lowest BCUT2D eigenvalue weighted by Crippen LogP contribution is -2.37. The second-order valence-electron chi connectivity index (χ2n) is 5.39. The van der Waals surface area contributed by atoms with Crippen LogP contribution in [-0.2, 0) is 5.60 Å². The number of aromatic nitrogens is 1. The smallest absolute Gasteiger partial charge is 0.137 e. The van der Waals surface area contributed by atoms with Crippen molar-refractivity contribution in [3.8, 4) is 5.75 Å². The van der Waals surface area contributed by atoms with E-state index >= 15 is 0 Å². The molecule has 0 aliphatic carbocycles. The fourth-order valence-electron chi connectivity index (χ4n) is 2.27. The Morgan fingerprint density at radius 2 is 1.83 bits per heavy atom. The SMILES string of the molecule is CCCOc1cncc(C(O)(C(C)C)C(C)C)c1. The van der Waals surface area contributed by atoms with Gasteiger partial charge in [-0.3, -0.25) is 4.98 Å². The van der Waals surface area contributed by atoms with Gasteiger partial charge in [0.05, 0.1) is 18.4 Å². The molecule has 1 aromatic heterocycles. The second kappa shape index (κ2) is 6.19. The van der Waals surface area contributed by atoms with Gasteiger partial charge in [0.1, 0.15) is 5.75 Å². The second-order valence-corrected chi connectivity index (χ2v) is 5.39. The molecular weight excluding hydrogens is 226 g/mol. The van der Waals surface area contributed by atoms with Gasteiger partial charge in [0, 0.05) is 11.8 Å². The lowest BCUT2D eigenvalue weighted by molar-refractivity contribution is -0.0535. The molecule has 0 aromatic carbocycles. The zero-order chi connectivity index (χ0) is 13.8. The molecule has 18 heavy (non-hydrogen) atoms. The molecule has 0 saturated carbocycles. The standard InChI is InChI=1S/C15H25NO2/c1-6-7-18-14-8-13(9-16-10-14)15(17,11(2)3)12(4)5/h8-12,17H,6-7H2,1-5H3. The maximum absolute atomic E-state index is 10.9. The first-order chi connectivity index (χ1) is 8.42. The molecule has 0 atom stereocenters. The molecular formula is C15H25NO2. The summed E-state index contributed by atoms with van der Waals surface area (Å²) in [5, 5.41) is 10.9. The molecule has 0 saturated heterocycles. The maximum Gasteiger partial charge on any atom is 0.137 e. The van der Waals surface area contributed by atoms with Crippen molar-refractivity contribution in [2.24, 2.45) is 11.8 Å². The Bertz CT molecular complexity index is 367. The molecule has 0 amide bonds. The lowest BCUT2D eigenvalue weighted by atomic mass is 9.76. The van der Waals surface area contributed by atoms with Gasteiger partial charge in [0.25, 0.3) is 0 Å². The van der Waals surface area contributed by atoms with Crippen molar-refractivity contribution >= 4 is 0 Å². The fraction of sp³-hybridized carbons (Fsp3) is 0.667. The highest BCUT2D eigenvalue weighted by Gasteiger charge is 2.37. The van der Waals surface area contributed by atoms with Crippen LogP contribution in [0.3, 0.4) is 0 Å². The Labute approximate surface area is 110 Å². The monoisotopic (exact) mass is 251 g/mol. The van der Waals surface area contributed by atoms with E-state index in [0.717, 1.165) is 17.7 Å². The zero-order valence-corrected chi connectivity index (χ0v) is 12.1. The molecule has 3 heteroatoms. The minimum Gasteiger partial charge on any atom is -0.492 e. The highest BCUT2D eigenvalue weighted by molar-refractivity contribution is 5.29. The van der Waals surface area contributed by atoms with Crippen molar-refractivity contribution < 1.29 is 9.84 Å². The van der Waals surface area contributed by atoms with E-state index in [2.05, 4.69) is 11.9 Å².